The molecule has 0 bridgehead atoms. The summed E-state index contributed by atoms with van der Waals surface area (Å²) in [7, 11) is 0. The maximum Gasteiger partial charge on any atom is 0.449 e. The normalized spacial score (nSPS) is 25.4. The van der Waals surface area contributed by atoms with Crippen LogP contribution in [0.25, 0.3) is 0 Å². The monoisotopic (exact) mass is 208 g/mol. The first-order valence-corrected chi connectivity index (χ1v) is 4.20. The van der Waals surface area contributed by atoms with Crippen LogP contribution < -0.4 is 0 Å². The first kappa shape index (κ1) is 11.1. The summed E-state index contributed by atoms with van der Waals surface area (Å²) in [4.78, 5) is 11.4. The maximum absolute atomic E-state index is 12.1. The van der Waals surface area contributed by atoms with Crippen LogP contribution in [0, 0.1) is 5.41 Å². The lowest BCUT2D eigenvalue weighted by atomic mass is 9.90. The van der Waals surface area contributed by atoms with E-state index in [0.717, 1.165) is 0 Å². The van der Waals surface area contributed by atoms with Crippen molar-refractivity contribution in [3.63, 3.8) is 0 Å². The molecule has 0 aromatic heterocycles. The van der Waals surface area contributed by atoms with Crippen molar-refractivity contribution in [3.05, 3.63) is 11.3 Å². The minimum Gasteiger partial charge on any atom is -0.504 e. The molecule has 0 aliphatic heterocycles. The Hall–Kier alpha value is -1.00. The molecule has 0 aromatic rings. The third kappa shape index (κ3) is 1.76. The molecule has 0 unspecified atom stereocenters. The molecule has 1 saturated carbocycles. The van der Waals surface area contributed by atoms with Gasteiger partial charge in [0.25, 0.3) is 0 Å². The molecule has 1 aliphatic carbocycles. The summed E-state index contributed by atoms with van der Waals surface area (Å²) in [6.45, 7) is 3.15. The summed E-state index contributed by atoms with van der Waals surface area (Å²) in [6.07, 6.45) is -4.47. The van der Waals surface area contributed by atoms with Gasteiger partial charge in [-0.1, -0.05) is 13.8 Å². The van der Waals surface area contributed by atoms with Crippen molar-refractivity contribution in [3.8, 4) is 0 Å². The number of halogens is 3. The summed E-state index contributed by atoms with van der Waals surface area (Å²) >= 11 is 0. The standard InChI is InChI=1S/C9H11F3O2/c1-8(2)4-3-5(6(8)13)7(14)9(10,11)12/h14H,3-4H2,1-2H3. The Balaban J connectivity index is 3.09. The van der Waals surface area contributed by atoms with Crippen LogP contribution in [0.3, 0.4) is 0 Å². The lowest BCUT2D eigenvalue weighted by Crippen LogP contribution is -2.21. The Kier molecular flexibility index (Phi) is 2.37. The zero-order valence-corrected chi connectivity index (χ0v) is 7.90. The molecular formula is C9H11F3O2. The van der Waals surface area contributed by atoms with Gasteiger partial charge in [-0.25, -0.2) is 0 Å². The van der Waals surface area contributed by atoms with Gasteiger partial charge in [0.15, 0.2) is 5.78 Å². The van der Waals surface area contributed by atoms with E-state index in [4.69, 9.17) is 5.11 Å². The predicted octanol–water partition coefficient (Wildman–Crippen LogP) is 2.75. The molecule has 80 valence electrons. The first-order valence-electron chi connectivity index (χ1n) is 4.20. The molecule has 1 rings (SSSR count). The number of hydrogen-bond acceptors (Lipinski definition) is 2. The minimum atomic E-state index is -4.81. The van der Waals surface area contributed by atoms with E-state index in [1.807, 2.05) is 0 Å². The van der Waals surface area contributed by atoms with Crippen LogP contribution in [0.2, 0.25) is 0 Å². The molecule has 14 heavy (non-hydrogen) atoms. The Morgan fingerprint density at radius 3 is 2.21 bits per heavy atom. The van der Waals surface area contributed by atoms with Gasteiger partial charge >= 0.3 is 6.18 Å². The van der Waals surface area contributed by atoms with E-state index in [0.29, 0.717) is 6.42 Å². The summed E-state index contributed by atoms with van der Waals surface area (Å²) < 4.78 is 36.2. The lowest BCUT2D eigenvalue weighted by molar-refractivity contribution is -0.129. The Morgan fingerprint density at radius 2 is 1.93 bits per heavy atom. The summed E-state index contributed by atoms with van der Waals surface area (Å²) in [6, 6.07) is 0. The zero-order valence-electron chi connectivity index (χ0n) is 7.90. The highest BCUT2D eigenvalue weighted by Gasteiger charge is 2.45. The smallest absolute Gasteiger partial charge is 0.449 e. The molecule has 0 atom stereocenters. The largest absolute Gasteiger partial charge is 0.504 e. The second kappa shape index (κ2) is 3.00. The van der Waals surface area contributed by atoms with E-state index < -0.39 is 28.7 Å². The first-order chi connectivity index (χ1) is 6.16. The fraction of sp³-hybridized carbons (Fsp3) is 0.667. The number of hydrogen-bond donors (Lipinski definition) is 1. The number of carbonyl (C=O) groups excluding carboxylic acids is 1. The van der Waals surface area contributed by atoms with Crippen LogP contribution in [-0.2, 0) is 4.79 Å². The number of allylic oxidation sites excluding steroid dienone is 2. The van der Waals surface area contributed by atoms with Crippen LogP contribution >= 0.6 is 0 Å². The number of Topliss-reactive ketones (excluding diaryl/α,β-unsaturated/α-hetero) is 1. The molecule has 5 heteroatoms. The number of aliphatic hydroxyl groups excluding tert-OH is 1. The highest BCUT2D eigenvalue weighted by Crippen LogP contribution is 2.41. The zero-order chi connectivity index (χ0) is 11.1. The second-order valence-corrected chi connectivity index (χ2v) is 4.04. The van der Waals surface area contributed by atoms with Crippen LogP contribution in [0.4, 0.5) is 13.2 Å². The molecule has 1 fully saturated rings. The molecule has 1 N–H and O–H groups in total. The van der Waals surface area contributed by atoms with Crippen LogP contribution in [-0.4, -0.2) is 17.1 Å². The van der Waals surface area contributed by atoms with E-state index in [1.54, 1.807) is 13.8 Å². The minimum absolute atomic E-state index is 0.00280. The number of rotatable bonds is 0. The van der Waals surface area contributed by atoms with E-state index in [2.05, 4.69) is 0 Å². The fourth-order valence-corrected chi connectivity index (χ4v) is 1.47. The molecule has 0 aromatic carbocycles. The Morgan fingerprint density at radius 1 is 1.43 bits per heavy atom. The van der Waals surface area contributed by atoms with Crippen molar-refractivity contribution in [2.75, 3.05) is 0 Å². The topological polar surface area (TPSA) is 37.3 Å². The maximum atomic E-state index is 12.1. The number of ketones is 1. The van der Waals surface area contributed by atoms with Crippen molar-refractivity contribution in [2.24, 2.45) is 5.41 Å². The summed E-state index contributed by atoms with van der Waals surface area (Å²) in [5.74, 6) is -2.33. The SMILES string of the molecule is CC1(C)CCC(=C(O)C(F)(F)F)C1=O. The summed E-state index contributed by atoms with van der Waals surface area (Å²) in [5.41, 5.74) is -1.27. The van der Waals surface area contributed by atoms with Crippen molar-refractivity contribution in [1.82, 2.24) is 0 Å². The number of aliphatic hydroxyl groups is 1. The van der Waals surface area contributed by atoms with Crippen LogP contribution in [0.5, 0.6) is 0 Å². The predicted molar refractivity (Wildman–Crippen MR) is 43.7 cm³/mol. The van der Waals surface area contributed by atoms with Gasteiger partial charge in [0.05, 0.1) is 0 Å². The van der Waals surface area contributed by atoms with E-state index in [1.165, 1.54) is 0 Å². The van der Waals surface area contributed by atoms with Crippen molar-refractivity contribution >= 4 is 5.78 Å². The van der Waals surface area contributed by atoms with Gasteiger partial charge in [-0.15, -0.1) is 0 Å². The Bertz CT molecular complexity index is 300. The third-order valence-corrected chi connectivity index (χ3v) is 2.44. The van der Waals surface area contributed by atoms with Crippen molar-refractivity contribution in [2.45, 2.75) is 32.9 Å². The van der Waals surface area contributed by atoms with Gasteiger partial charge in [0.2, 0.25) is 5.76 Å². The molecule has 0 saturated heterocycles. The summed E-state index contributed by atoms with van der Waals surface area (Å²) in [5, 5.41) is 8.82. The van der Waals surface area contributed by atoms with E-state index in [9.17, 15) is 18.0 Å². The Labute approximate surface area is 79.4 Å². The highest BCUT2D eigenvalue weighted by atomic mass is 19.4. The van der Waals surface area contributed by atoms with Crippen LogP contribution in [0.1, 0.15) is 26.7 Å². The van der Waals surface area contributed by atoms with Gasteiger partial charge in [-0.3, -0.25) is 4.79 Å². The van der Waals surface area contributed by atoms with Crippen molar-refractivity contribution in [1.29, 1.82) is 0 Å². The third-order valence-electron chi connectivity index (χ3n) is 2.44. The lowest BCUT2D eigenvalue weighted by Gasteiger charge is -2.13. The van der Waals surface area contributed by atoms with E-state index in [-0.39, 0.29) is 6.42 Å². The average Bonchev–Trinajstić information content (AvgIpc) is 2.25. The van der Waals surface area contributed by atoms with Gasteiger partial charge in [0, 0.05) is 11.0 Å². The average molecular weight is 208 g/mol. The number of alkyl halides is 3. The molecule has 0 amide bonds. The van der Waals surface area contributed by atoms with Crippen LogP contribution in [0.15, 0.2) is 11.3 Å². The van der Waals surface area contributed by atoms with Gasteiger partial charge < -0.3 is 5.11 Å². The highest BCUT2D eigenvalue weighted by molar-refractivity contribution is 6.02. The fourth-order valence-electron chi connectivity index (χ4n) is 1.47. The van der Waals surface area contributed by atoms with Gasteiger partial charge in [-0.2, -0.15) is 13.2 Å². The van der Waals surface area contributed by atoms with E-state index >= 15 is 0 Å². The second-order valence-electron chi connectivity index (χ2n) is 4.04. The number of carbonyl (C=O) groups is 1. The molecule has 0 radical (unpaired) electrons. The van der Waals surface area contributed by atoms with Gasteiger partial charge in [0.1, 0.15) is 0 Å². The van der Waals surface area contributed by atoms with Gasteiger partial charge in [-0.05, 0) is 12.8 Å². The molecule has 0 heterocycles. The molecular weight excluding hydrogens is 197 g/mol. The van der Waals surface area contributed by atoms with Crippen molar-refractivity contribution < 1.29 is 23.1 Å². The molecule has 0 spiro atoms. The molecule has 1 aliphatic rings. The molecule has 2 nitrogen and oxygen atoms in total. The quantitative estimate of drug-likeness (QED) is 0.491.